The number of benzene rings is 3. The fourth-order valence-electron chi connectivity index (χ4n) is 7.06. The fraction of sp³-hybridized carbons (Fsp3) is 0.270. The summed E-state index contributed by atoms with van der Waals surface area (Å²) in [5, 5.41) is 19.2. The largest absolute Gasteiger partial charge is 0.490 e. The van der Waals surface area contributed by atoms with Gasteiger partial charge in [0.2, 0.25) is 5.91 Å². The number of anilines is 3. The number of β-amino-alcohol motifs (C(OH)–C–C–N with tert-alkyl or cyclic N) is 1. The number of amides is 1. The predicted molar refractivity (Wildman–Crippen MR) is 195 cm³/mol. The van der Waals surface area contributed by atoms with Gasteiger partial charge in [0.25, 0.3) is 5.56 Å². The molecule has 16 heteroatoms. The van der Waals surface area contributed by atoms with Gasteiger partial charge in [-0.05, 0) is 48.9 Å². The molecule has 3 aromatic heterocycles. The summed E-state index contributed by atoms with van der Waals surface area (Å²) in [6.07, 6.45) is 3.37. The van der Waals surface area contributed by atoms with Gasteiger partial charge in [-0.2, -0.15) is 5.10 Å². The van der Waals surface area contributed by atoms with Crippen molar-refractivity contribution in [1.82, 2.24) is 34.5 Å². The summed E-state index contributed by atoms with van der Waals surface area (Å²) < 4.78 is 37.5. The Morgan fingerprint density at radius 3 is 2.64 bits per heavy atom. The summed E-state index contributed by atoms with van der Waals surface area (Å²) in [5.41, 5.74) is 6.76. The molecule has 8 rings (SSSR count). The molecule has 4 N–H and O–H groups in total. The van der Waals surface area contributed by atoms with Crippen LogP contribution in [0.1, 0.15) is 23.3 Å². The Kier molecular flexibility index (Phi) is 9.10. The van der Waals surface area contributed by atoms with Crippen LogP contribution in [0.25, 0.3) is 16.0 Å². The number of carbonyl (C=O) groups is 1. The van der Waals surface area contributed by atoms with Crippen LogP contribution in [0.5, 0.6) is 5.75 Å². The Morgan fingerprint density at radius 2 is 1.87 bits per heavy atom. The van der Waals surface area contributed by atoms with Crippen LogP contribution in [0.2, 0.25) is 0 Å². The van der Waals surface area contributed by atoms with Crippen molar-refractivity contribution >= 4 is 44.8 Å². The van der Waals surface area contributed by atoms with Crippen LogP contribution in [0.4, 0.5) is 26.0 Å². The van der Waals surface area contributed by atoms with Crippen LogP contribution in [0.3, 0.4) is 0 Å². The van der Waals surface area contributed by atoms with Crippen molar-refractivity contribution in [1.29, 1.82) is 0 Å². The first-order chi connectivity index (χ1) is 25.6. The zero-order valence-electron chi connectivity index (χ0n) is 28.4. The molecule has 2 aliphatic heterocycles. The molecule has 53 heavy (non-hydrogen) atoms. The van der Waals surface area contributed by atoms with E-state index in [-0.39, 0.29) is 42.8 Å². The van der Waals surface area contributed by atoms with E-state index >= 15 is 0 Å². The van der Waals surface area contributed by atoms with Crippen molar-refractivity contribution in [2.24, 2.45) is 0 Å². The number of fused-ring (bicyclic) bond motifs is 2. The number of nitrogen functional groups attached to an aromatic ring is 1. The number of aliphatic hydroxyl groups is 1. The van der Waals surface area contributed by atoms with Gasteiger partial charge in [0.1, 0.15) is 47.1 Å². The maximum atomic E-state index is 14.9. The van der Waals surface area contributed by atoms with E-state index in [1.54, 1.807) is 4.57 Å². The lowest BCUT2D eigenvalue weighted by atomic mass is 9.91. The van der Waals surface area contributed by atoms with Crippen LogP contribution in [0.15, 0.2) is 90.2 Å². The summed E-state index contributed by atoms with van der Waals surface area (Å²) in [5.74, 6) is -1.32. The molecule has 1 amide bonds. The average Bonchev–Trinajstić information content (AvgIpc) is 3.81. The number of hydrogen-bond donors (Lipinski definition) is 3. The second kappa shape index (κ2) is 14.0. The second-order valence-corrected chi connectivity index (χ2v) is 14.3. The Balaban J connectivity index is 0.988. The van der Waals surface area contributed by atoms with Gasteiger partial charge in [-0.25, -0.2) is 23.4 Å². The molecule has 6 aromatic rings. The number of thiophene rings is 1. The third-order valence-corrected chi connectivity index (χ3v) is 10.6. The zero-order valence-corrected chi connectivity index (χ0v) is 29.2. The molecule has 2 aliphatic rings. The molecule has 1 saturated heterocycles. The number of piperidine rings is 1. The van der Waals surface area contributed by atoms with Gasteiger partial charge in [0.05, 0.1) is 36.5 Å². The van der Waals surface area contributed by atoms with Crippen LogP contribution in [0, 0.1) is 11.6 Å². The monoisotopic (exact) mass is 739 g/mol. The smallest absolute Gasteiger partial charge is 0.298 e. The second-order valence-electron chi connectivity index (χ2n) is 13.2. The summed E-state index contributed by atoms with van der Waals surface area (Å²) in [4.78, 5) is 40.4. The van der Waals surface area contributed by atoms with Gasteiger partial charge < -0.3 is 30.7 Å². The summed E-state index contributed by atoms with van der Waals surface area (Å²) in [7, 11) is 0. The molecule has 1 fully saturated rings. The average molecular weight is 740 g/mol. The van der Waals surface area contributed by atoms with Crippen molar-refractivity contribution < 1.29 is 23.4 Å². The third-order valence-electron chi connectivity index (χ3n) is 9.62. The molecule has 5 heterocycles. The molecule has 0 aliphatic carbocycles. The Morgan fingerprint density at radius 1 is 1.02 bits per heavy atom. The molecule has 0 spiro atoms. The van der Waals surface area contributed by atoms with Crippen molar-refractivity contribution in [3.63, 3.8) is 0 Å². The van der Waals surface area contributed by atoms with Gasteiger partial charge in [-0.15, -0.1) is 11.3 Å². The van der Waals surface area contributed by atoms with E-state index in [1.807, 2.05) is 54.6 Å². The third kappa shape index (κ3) is 6.83. The minimum absolute atomic E-state index is 0.116. The Bertz CT molecular complexity index is 2350. The first kappa shape index (κ1) is 34.4. The van der Waals surface area contributed by atoms with E-state index in [2.05, 4.69) is 25.3 Å². The maximum absolute atomic E-state index is 14.9. The molecule has 13 nitrogen and oxygen atoms in total. The first-order valence-corrected chi connectivity index (χ1v) is 17.9. The molecule has 0 saturated carbocycles. The SMILES string of the molecule is Nc1nc2sc(CNC3CCN(CC(O)(Cn4cncn4)c4ccc(F)cc4F)C(=O)C3)cc2n(-c2ccc3c(c2)N(c2ccccc2)CCO3)c1=O. The molecular formula is C37H35F2N9O4S. The summed E-state index contributed by atoms with van der Waals surface area (Å²) in [6, 6.07) is 20.3. The van der Waals surface area contributed by atoms with Gasteiger partial charge in [-0.3, -0.25) is 14.2 Å². The zero-order chi connectivity index (χ0) is 36.7. The van der Waals surface area contributed by atoms with E-state index in [9.17, 15) is 23.5 Å². The highest BCUT2D eigenvalue weighted by atomic mass is 32.1. The lowest BCUT2D eigenvalue weighted by Crippen LogP contribution is -2.52. The number of carbonyl (C=O) groups excluding carboxylic acids is 1. The fourth-order valence-corrected chi connectivity index (χ4v) is 8.03. The van der Waals surface area contributed by atoms with Crippen LogP contribution >= 0.6 is 11.3 Å². The molecule has 2 atom stereocenters. The van der Waals surface area contributed by atoms with Crippen molar-refractivity contribution in [2.75, 3.05) is 36.9 Å². The van der Waals surface area contributed by atoms with Gasteiger partial charge in [-0.1, -0.05) is 24.3 Å². The minimum atomic E-state index is -1.89. The highest BCUT2D eigenvalue weighted by molar-refractivity contribution is 7.18. The van der Waals surface area contributed by atoms with Crippen molar-refractivity contribution in [2.45, 2.75) is 37.6 Å². The van der Waals surface area contributed by atoms with Crippen molar-refractivity contribution in [3.8, 4) is 11.4 Å². The highest BCUT2D eigenvalue weighted by Crippen LogP contribution is 2.39. The Labute approximate surface area is 305 Å². The maximum Gasteiger partial charge on any atom is 0.298 e. The lowest BCUT2D eigenvalue weighted by Gasteiger charge is -2.38. The van der Waals surface area contributed by atoms with Crippen molar-refractivity contribution in [3.05, 3.63) is 118 Å². The number of ether oxygens (including phenoxy) is 1. The lowest BCUT2D eigenvalue weighted by molar-refractivity contribution is -0.139. The molecule has 2 unspecified atom stereocenters. The Hall–Kier alpha value is -5.71. The molecule has 0 bridgehead atoms. The van der Waals surface area contributed by atoms with E-state index in [1.165, 1.54) is 39.6 Å². The molecule has 272 valence electrons. The predicted octanol–water partition coefficient (Wildman–Crippen LogP) is 4.10. The summed E-state index contributed by atoms with van der Waals surface area (Å²) >= 11 is 1.40. The topological polar surface area (TPSA) is 157 Å². The highest BCUT2D eigenvalue weighted by Gasteiger charge is 2.38. The van der Waals surface area contributed by atoms with Crippen LogP contribution in [-0.4, -0.2) is 72.5 Å². The van der Waals surface area contributed by atoms with E-state index in [0.29, 0.717) is 60.5 Å². The van der Waals surface area contributed by atoms with Gasteiger partial charge in [0.15, 0.2) is 5.82 Å². The number of nitrogens with two attached hydrogens (primary N) is 1. The molecule has 0 radical (unpaired) electrons. The number of hydrogen-bond acceptors (Lipinski definition) is 11. The van der Waals surface area contributed by atoms with Crippen LogP contribution < -0.4 is 26.2 Å². The number of nitrogens with zero attached hydrogens (tertiary/aromatic N) is 7. The number of para-hydroxylation sites is 1. The van der Waals surface area contributed by atoms with E-state index in [4.69, 9.17) is 10.5 Å². The van der Waals surface area contributed by atoms with Crippen LogP contribution in [-0.2, 0) is 23.5 Å². The number of nitrogens with one attached hydrogen (secondary N) is 1. The first-order valence-electron chi connectivity index (χ1n) is 17.1. The minimum Gasteiger partial charge on any atom is -0.490 e. The molecular weight excluding hydrogens is 705 g/mol. The van der Waals surface area contributed by atoms with E-state index < -0.39 is 22.8 Å². The normalized spacial score (nSPS) is 17.1. The number of halogens is 2. The van der Waals surface area contributed by atoms with Gasteiger partial charge >= 0.3 is 0 Å². The number of rotatable bonds is 10. The number of aromatic nitrogens is 5. The number of likely N-dealkylation sites (tertiary alicyclic amines) is 1. The summed E-state index contributed by atoms with van der Waals surface area (Å²) in [6.45, 7) is 1.47. The quantitative estimate of drug-likeness (QED) is 0.187. The molecule has 3 aromatic carbocycles. The van der Waals surface area contributed by atoms with Gasteiger partial charge in [0, 0.05) is 47.7 Å². The standard InChI is InChI=1S/C37H35F2N9O4S/c38-23-6-8-28(29(39)14-23)37(51,20-46-22-41-21-43-46)19-45-11-10-24(15-33(45)49)42-18-27-17-31-35(53-27)44-34(40)36(50)48(31)26-7-9-32-30(16-26)47(12-13-52-32)25-4-2-1-3-5-25/h1-9,14,16-17,21-22,24,42,51H,10-13,15,18-20H2,(H2,40,44). The van der Waals surface area contributed by atoms with E-state index in [0.717, 1.165) is 22.3 Å².